The number of likely N-dealkylation sites (N-methyl/N-ethyl adjacent to an activating group) is 1. The Morgan fingerprint density at radius 1 is 1.26 bits per heavy atom. The van der Waals surface area contributed by atoms with Gasteiger partial charge in [0.1, 0.15) is 13.1 Å². The molecule has 2 aliphatic rings. The predicted molar refractivity (Wildman–Crippen MR) is 99.6 cm³/mol. The maximum absolute atomic E-state index is 12.4. The van der Waals surface area contributed by atoms with Crippen molar-refractivity contribution in [3.05, 3.63) is 0 Å². The third-order valence-electron chi connectivity index (χ3n) is 5.16. The van der Waals surface area contributed by atoms with Crippen molar-refractivity contribution in [3.8, 4) is 0 Å². The highest BCUT2D eigenvalue weighted by atomic mass is 19.4. The number of hydrogen-bond acceptors (Lipinski definition) is 3. The Morgan fingerprint density at radius 2 is 1.96 bits per heavy atom. The van der Waals surface area contributed by atoms with Crippen LogP contribution in [0.1, 0.15) is 39.0 Å². The smallest absolute Gasteiger partial charge is 0.357 e. The fourth-order valence-corrected chi connectivity index (χ4v) is 3.81. The van der Waals surface area contributed by atoms with Crippen LogP contribution in [-0.4, -0.2) is 80.2 Å². The van der Waals surface area contributed by atoms with Crippen molar-refractivity contribution in [2.45, 2.75) is 51.2 Å². The highest BCUT2D eigenvalue weighted by Crippen LogP contribution is 2.26. The molecule has 0 spiro atoms. The van der Waals surface area contributed by atoms with Crippen molar-refractivity contribution >= 4 is 11.9 Å². The maximum Gasteiger partial charge on any atom is 0.406 e. The fraction of sp³-hybridized carbons (Fsp3) is 0.889. The van der Waals surface area contributed by atoms with Gasteiger partial charge in [0.15, 0.2) is 5.96 Å². The molecule has 1 atom stereocenters. The summed E-state index contributed by atoms with van der Waals surface area (Å²) in [6, 6.07) is 0.243. The van der Waals surface area contributed by atoms with E-state index in [-0.39, 0.29) is 12.6 Å². The molecule has 2 rings (SSSR count). The van der Waals surface area contributed by atoms with Gasteiger partial charge in [-0.3, -0.25) is 4.79 Å². The number of hydrogen-bond donors (Lipinski definition) is 2. The first-order chi connectivity index (χ1) is 12.8. The summed E-state index contributed by atoms with van der Waals surface area (Å²) >= 11 is 0. The van der Waals surface area contributed by atoms with E-state index in [0.717, 1.165) is 39.0 Å². The van der Waals surface area contributed by atoms with E-state index in [9.17, 15) is 18.0 Å². The van der Waals surface area contributed by atoms with Gasteiger partial charge in [-0.2, -0.15) is 13.2 Å². The number of guanidine groups is 1. The summed E-state index contributed by atoms with van der Waals surface area (Å²) in [5.74, 6) is 0.644. The van der Waals surface area contributed by atoms with Gasteiger partial charge < -0.3 is 20.4 Å². The quantitative estimate of drug-likeness (QED) is 0.514. The van der Waals surface area contributed by atoms with E-state index in [4.69, 9.17) is 0 Å². The Balaban J connectivity index is 1.80. The number of carbonyl (C=O) groups is 1. The topological polar surface area (TPSA) is 60.0 Å². The first-order valence-electron chi connectivity index (χ1n) is 9.84. The van der Waals surface area contributed by atoms with E-state index >= 15 is 0 Å². The lowest BCUT2D eigenvalue weighted by Gasteiger charge is -2.21. The van der Waals surface area contributed by atoms with Crippen molar-refractivity contribution < 1.29 is 18.0 Å². The van der Waals surface area contributed by atoms with Crippen molar-refractivity contribution in [2.24, 2.45) is 10.9 Å². The first-order valence-corrected chi connectivity index (χ1v) is 9.84. The lowest BCUT2D eigenvalue weighted by molar-refractivity contribution is -0.157. The standard InChI is InChI=1S/C18H32F3N5O/c1-3-22-17(23-10-16(27)25(2)13-18(19,20)21)24-15-8-9-26(12-15)11-14-6-4-5-7-14/h14-15H,3-13H2,1-2H3,(H2,22,23,24). The summed E-state index contributed by atoms with van der Waals surface area (Å²) in [6.45, 7) is 4.09. The molecule has 156 valence electrons. The average molecular weight is 391 g/mol. The molecular formula is C18H32F3N5O. The molecule has 1 heterocycles. The highest BCUT2D eigenvalue weighted by Gasteiger charge is 2.31. The second kappa shape index (κ2) is 10.1. The van der Waals surface area contributed by atoms with Gasteiger partial charge in [0.25, 0.3) is 0 Å². The first kappa shape index (κ1) is 21.8. The van der Waals surface area contributed by atoms with Crippen LogP contribution in [0.5, 0.6) is 0 Å². The molecule has 2 N–H and O–H groups in total. The Labute approximate surface area is 159 Å². The summed E-state index contributed by atoms with van der Waals surface area (Å²) in [7, 11) is 1.14. The molecule has 0 aromatic heterocycles. The summed E-state index contributed by atoms with van der Waals surface area (Å²) in [6.07, 6.45) is 1.93. The minimum absolute atomic E-state index is 0.243. The van der Waals surface area contributed by atoms with Crippen molar-refractivity contribution in [2.75, 3.05) is 46.3 Å². The summed E-state index contributed by atoms with van der Waals surface area (Å²) in [5, 5.41) is 6.39. The number of halogens is 3. The van der Waals surface area contributed by atoms with Crippen LogP contribution in [-0.2, 0) is 4.79 Å². The summed E-state index contributed by atoms with van der Waals surface area (Å²) < 4.78 is 37.1. The maximum atomic E-state index is 12.4. The minimum Gasteiger partial charge on any atom is -0.357 e. The number of aliphatic imine (C=N–C) groups is 1. The van der Waals surface area contributed by atoms with Gasteiger partial charge >= 0.3 is 6.18 Å². The lowest BCUT2D eigenvalue weighted by atomic mass is 10.1. The predicted octanol–water partition coefficient (Wildman–Crippen LogP) is 1.83. The van der Waals surface area contributed by atoms with Crippen molar-refractivity contribution in [1.29, 1.82) is 0 Å². The Morgan fingerprint density at radius 3 is 2.59 bits per heavy atom. The molecule has 0 bridgehead atoms. The molecule has 1 amide bonds. The Bertz CT molecular complexity index is 506. The largest absolute Gasteiger partial charge is 0.406 e. The van der Waals surface area contributed by atoms with Crippen LogP contribution in [0, 0.1) is 5.92 Å². The normalized spacial score (nSPS) is 22.3. The average Bonchev–Trinajstić information content (AvgIpc) is 3.23. The van der Waals surface area contributed by atoms with E-state index in [2.05, 4.69) is 20.5 Å². The van der Waals surface area contributed by atoms with E-state index < -0.39 is 18.6 Å². The van der Waals surface area contributed by atoms with Crippen LogP contribution in [0.3, 0.4) is 0 Å². The number of likely N-dealkylation sites (tertiary alicyclic amines) is 1. The van der Waals surface area contributed by atoms with Crippen LogP contribution in [0.4, 0.5) is 13.2 Å². The van der Waals surface area contributed by atoms with Gasteiger partial charge in [-0.25, -0.2) is 4.99 Å². The SMILES string of the molecule is CCNC(=NCC(=O)N(C)CC(F)(F)F)NC1CCN(CC2CCCC2)C1. The van der Waals surface area contributed by atoms with Gasteiger partial charge in [0, 0.05) is 39.3 Å². The van der Waals surface area contributed by atoms with E-state index in [1.54, 1.807) is 0 Å². The van der Waals surface area contributed by atoms with Gasteiger partial charge in [0.2, 0.25) is 5.91 Å². The zero-order chi connectivity index (χ0) is 19.9. The van der Waals surface area contributed by atoms with Crippen LogP contribution < -0.4 is 10.6 Å². The summed E-state index contributed by atoms with van der Waals surface area (Å²) in [4.78, 5) is 19.2. The third kappa shape index (κ3) is 7.94. The highest BCUT2D eigenvalue weighted by molar-refractivity contribution is 5.85. The zero-order valence-corrected chi connectivity index (χ0v) is 16.3. The van der Waals surface area contributed by atoms with Crippen molar-refractivity contribution in [3.63, 3.8) is 0 Å². The van der Waals surface area contributed by atoms with Gasteiger partial charge in [-0.05, 0) is 32.1 Å². The molecule has 1 saturated heterocycles. The van der Waals surface area contributed by atoms with E-state index in [0.29, 0.717) is 17.4 Å². The molecule has 27 heavy (non-hydrogen) atoms. The number of carbonyl (C=O) groups excluding carboxylic acids is 1. The zero-order valence-electron chi connectivity index (χ0n) is 16.3. The van der Waals surface area contributed by atoms with Gasteiger partial charge in [-0.1, -0.05) is 12.8 Å². The van der Waals surface area contributed by atoms with Gasteiger partial charge in [0.05, 0.1) is 0 Å². The molecule has 1 saturated carbocycles. The van der Waals surface area contributed by atoms with Crippen LogP contribution in [0.2, 0.25) is 0 Å². The molecule has 1 aliphatic heterocycles. The molecule has 0 radical (unpaired) electrons. The Kier molecular flexibility index (Phi) is 8.19. The third-order valence-corrected chi connectivity index (χ3v) is 5.16. The lowest BCUT2D eigenvalue weighted by Crippen LogP contribution is -2.45. The number of nitrogens with one attached hydrogen (secondary N) is 2. The molecule has 9 heteroatoms. The molecule has 1 unspecified atom stereocenters. The second-order valence-corrected chi connectivity index (χ2v) is 7.60. The number of amides is 1. The molecule has 6 nitrogen and oxygen atoms in total. The van der Waals surface area contributed by atoms with Crippen LogP contribution in [0.15, 0.2) is 4.99 Å². The molecule has 0 aromatic carbocycles. The Hall–Kier alpha value is -1.51. The van der Waals surface area contributed by atoms with E-state index in [1.807, 2.05) is 6.92 Å². The molecule has 2 fully saturated rings. The summed E-state index contributed by atoms with van der Waals surface area (Å²) in [5.41, 5.74) is 0. The molecule has 0 aromatic rings. The number of nitrogens with zero attached hydrogens (tertiary/aromatic N) is 3. The van der Waals surface area contributed by atoms with Crippen LogP contribution in [0.25, 0.3) is 0 Å². The van der Waals surface area contributed by atoms with Crippen LogP contribution >= 0.6 is 0 Å². The monoisotopic (exact) mass is 391 g/mol. The molecule has 1 aliphatic carbocycles. The minimum atomic E-state index is -4.40. The number of alkyl halides is 3. The fourth-order valence-electron chi connectivity index (χ4n) is 3.81. The van der Waals surface area contributed by atoms with Gasteiger partial charge in [-0.15, -0.1) is 0 Å². The number of rotatable bonds is 7. The second-order valence-electron chi connectivity index (χ2n) is 7.60. The van der Waals surface area contributed by atoms with Crippen molar-refractivity contribution in [1.82, 2.24) is 20.4 Å². The molecular weight excluding hydrogens is 359 g/mol. The van der Waals surface area contributed by atoms with E-state index in [1.165, 1.54) is 25.7 Å².